The Labute approximate surface area is 182 Å². The van der Waals surface area contributed by atoms with Crippen LogP contribution in [0.15, 0.2) is 71.2 Å². The minimum absolute atomic E-state index is 0.137. The number of aryl methyl sites for hydroxylation is 1. The van der Waals surface area contributed by atoms with Gasteiger partial charge in [-0.1, -0.05) is 39.7 Å². The first-order valence-electron chi connectivity index (χ1n) is 8.76. The molecule has 2 amide bonds. The fraction of sp³-hybridized carbons (Fsp3) is 0.0909. The van der Waals surface area contributed by atoms with E-state index in [0.29, 0.717) is 27.7 Å². The van der Waals surface area contributed by atoms with E-state index in [2.05, 4.69) is 26.6 Å². The van der Waals surface area contributed by atoms with Gasteiger partial charge in [0, 0.05) is 26.4 Å². The van der Waals surface area contributed by atoms with Crippen molar-refractivity contribution in [3.63, 3.8) is 0 Å². The van der Waals surface area contributed by atoms with Crippen LogP contribution >= 0.6 is 27.5 Å². The molecule has 0 atom stereocenters. The summed E-state index contributed by atoms with van der Waals surface area (Å²) < 4.78 is 6.51. The summed E-state index contributed by atoms with van der Waals surface area (Å²) in [5.41, 5.74) is 2.43. The van der Waals surface area contributed by atoms with E-state index in [4.69, 9.17) is 16.3 Å². The van der Waals surface area contributed by atoms with Crippen molar-refractivity contribution in [2.24, 2.45) is 0 Å². The Morgan fingerprint density at radius 1 is 0.966 bits per heavy atom. The van der Waals surface area contributed by atoms with Crippen molar-refractivity contribution in [3.05, 3.63) is 87.4 Å². The van der Waals surface area contributed by atoms with E-state index in [1.165, 1.54) is 0 Å². The molecule has 0 saturated heterocycles. The van der Waals surface area contributed by atoms with E-state index >= 15 is 0 Å². The lowest BCUT2D eigenvalue weighted by Crippen LogP contribution is -2.21. The predicted octanol–water partition coefficient (Wildman–Crippen LogP) is 5.68. The molecule has 3 aromatic carbocycles. The van der Waals surface area contributed by atoms with Crippen LogP contribution < -0.4 is 15.4 Å². The molecule has 0 unspecified atom stereocenters. The molecule has 3 aromatic rings. The van der Waals surface area contributed by atoms with Crippen molar-refractivity contribution in [2.75, 3.05) is 17.2 Å². The highest BCUT2D eigenvalue weighted by atomic mass is 79.9. The number of ether oxygens (including phenoxy) is 1. The van der Waals surface area contributed by atoms with Gasteiger partial charge in [-0.15, -0.1) is 0 Å². The Morgan fingerprint density at radius 3 is 2.41 bits per heavy atom. The quantitative estimate of drug-likeness (QED) is 0.484. The van der Waals surface area contributed by atoms with Gasteiger partial charge >= 0.3 is 0 Å². The second-order valence-electron chi connectivity index (χ2n) is 6.29. The molecule has 0 bridgehead atoms. The number of benzene rings is 3. The summed E-state index contributed by atoms with van der Waals surface area (Å²) in [6, 6.07) is 19.1. The lowest BCUT2D eigenvalue weighted by Gasteiger charge is -2.11. The Bertz CT molecular complexity index is 1060. The van der Waals surface area contributed by atoms with Crippen LogP contribution in [-0.2, 0) is 4.79 Å². The van der Waals surface area contributed by atoms with E-state index in [9.17, 15) is 9.59 Å². The van der Waals surface area contributed by atoms with Gasteiger partial charge in [0.1, 0.15) is 5.75 Å². The summed E-state index contributed by atoms with van der Waals surface area (Å²) in [5.74, 6) is 0.0165. The van der Waals surface area contributed by atoms with Crippen molar-refractivity contribution < 1.29 is 14.3 Å². The fourth-order valence-corrected chi connectivity index (χ4v) is 3.29. The van der Waals surface area contributed by atoms with Gasteiger partial charge in [-0.2, -0.15) is 0 Å². The van der Waals surface area contributed by atoms with Gasteiger partial charge in [-0.25, -0.2) is 0 Å². The lowest BCUT2D eigenvalue weighted by atomic mass is 10.2. The Morgan fingerprint density at radius 2 is 1.69 bits per heavy atom. The molecule has 2 N–H and O–H groups in total. The minimum Gasteiger partial charge on any atom is -0.483 e. The molecule has 29 heavy (non-hydrogen) atoms. The van der Waals surface area contributed by atoms with Crippen LogP contribution in [-0.4, -0.2) is 18.4 Å². The molecule has 7 heteroatoms. The van der Waals surface area contributed by atoms with Crippen LogP contribution in [0, 0.1) is 6.92 Å². The molecule has 148 valence electrons. The maximum Gasteiger partial charge on any atom is 0.262 e. The van der Waals surface area contributed by atoms with E-state index in [1.54, 1.807) is 54.6 Å². The van der Waals surface area contributed by atoms with Crippen molar-refractivity contribution in [1.82, 2.24) is 0 Å². The Hall–Kier alpha value is -2.83. The molecule has 0 heterocycles. The van der Waals surface area contributed by atoms with Gasteiger partial charge in [-0.05, 0) is 67.1 Å². The minimum atomic E-state index is -0.320. The highest BCUT2D eigenvalue weighted by Crippen LogP contribution is 2.22. The monoisotopic (exact) mass is 472 g/mol. The van der Waals surface area contributed by atoms with Crippen molar-refractivity contribution in [2.45, 2.75) is 6.92 Å². The Balaban J connectivity index is 1.60. The lowest BCUT2D eigenvalue weighted by molar-refractivity contribution is -0.118. The average molecular weight is 474 g/mol. The van der Waals surface area contributed by atoms with E-state index in [0.717, 1.165) is 10.0 Å². The Kier molecular flexibility index (Phi) is 6.90. The molecule has 0 radical (unpaired) electrons. The van der Waals surface area contributed by atoms with Gasteiger partial charge < -0.3 is 15.4 Å². The highest BCUT2D eigenvalue weighted by Gasteiger charge is 2.10. The van der Waals surface area contributed by atoms with Crippen molar-refractivity contribution in [1.29, 1.82) is 0 Å². The van der Waals surface area contributed by atoms with Crippen LogP contribution in [0.1, 0.15) is 15.9 Å². The summed E-state index contributed by atoms with van der Waals surface area (Å²) in [5, 5.41) is 6.04. The molecule has 0 aromatic heterocycles. The number of carbonyl (C=O) groups is 2. The van der Waals surface area contributed by atoms with Crippen LogP contribution in [0.25, 0.3) is 0 Å². The van der Waals surface area contributed by atoms with Crippen molar-refractivity contribution >= 4 is 50.7 Å². The molecule has 0 aliphatic carbocycles. The number of halogens is 2. The SMILES string of the molecule is Cc1cc(Br)ccc1OCC(=O)Nc1cccc(C(=O)Nc2cccc(Cl)c2)c1. The van der Waals surface area contributed by atoms with Gasteiger partial charge in [0.25, 0.3) is 11.8 Å². The third kappa shape index (κ3) is 6.07. The first-order valence-corrected chi connectivity index (χ1v) is 9.93. The number of anilines is 2. The second-order valence-corrected chi connectivity index (χ2v) is 7.64. The molecule has 0 fully saturated rings. The highest BCUT2D eigenvalue weighted by molar-refractivity contribution is 9.10. The number of carbonyl (C=O) groups excluding carboxylic acids is 2. The smallest absolute Gasteiger partial charge is 0.262 e. The first kappa shape index (κ1) is 20.9. The standard InChI is InChI=1S/C22H18BrClN2O3/c1-14-10-16(23)8-9-20(14)29-13-21(27)25-18-6-2-4-15(11-18)22(28)26-19-7-3-5-17(24)12-19/h2-12H,13H2,1H3,(H,25,27)(H,26,28). The van der Waals surface area contributed by atoms with Gasteiger partial charge in [0.05, 0.1) is 0 Å². The molecule has 0 saturated carbocycles. The largest absolute Gasteiger partial charge is 0.483 e. The number of nitrogens with one attached hydrogen (secondary N) is 2. The predicted molar refractivity (Wildman–Crippen MR) is 119 cm³/mol. The van der Waals surface area contributed by atoms with E-state index < -0.39 is 0 Å². The van der Waals surface area contributed by atoms with Crippen LogP contribution in [0.5, 0.6) is 5.75 Å². The first-order chi connectivity index (χ1) is 13.9. The molecule has 5 nitrogen and oxygen atoms in total. The molecule has 0 aliphatic heterocycles. The summed E-state index contributed by atoms with van der Waals surface area (Å²) in [7, 11) is 0. The number of amides is 2. The summed E-state index contributed by atoms with van der Waals surface area (Å²) in [4.78, 5) is 24.7. The summed E-state index contributed by atoms with van der Waals surface area (Å²) >= 11 is 9.32. The zero-order chi connectivity index (χ0) is 20.8. The maximum absolute atomic E-state index is 12.4. The second kappa shape index (κ2) is 9.58. The summed E-state index contributed by atoms with van der Waals surface area (Å²) in [6.45, 7) is 1.77. The molecule has 0 spiro atoms. The van der Waals surface area contributed by atoms with Gasteiger partial charge in [-0.3, -0.25) is 9.59 Å². The number of hydrogen-bond acceptors (Lipinski definition) is 3. The zero-order valence-electron chi connectivity index (χ0n) is 15.5. The maximum atomic E-state index is 12.4. The molecular weight excluding hydrogens is 456 g/mol. The van der Waals surface area contributed by atoms with E-state index in [-0.39, 0.29) is 18.4 Å². The van der Waals surface area contributed by atoms with Crippen molar-refractivity contribution in [3.8, 4) is 5.75 Å². The molecule has 0 aliphatic rings. The fourth-order valence-electron chi connectivity index (χ4n) is 2.62. The van der Waals surface area contributed by atoms with Crippen LogP contribution in [0.3, 0.4) is 0 Å². The van der Waals surface area contributed by atoms with Crippen LogP contribution in [0.4, 0.5) is 11.4 Å². The third-order valence-electron chi connectivity index (χ3n) is 3.99. The number of rotatable bonds is 6. The van der Waals surface area contributed by atoms with Gasteiger partial charge in [0.2, 0.25) is 0 Å². The van der Waals surface area contributed by atoms with Crippen LogP contribution in [0.2, 0.25) is 5.02 Å². The number of hydrogen-bond donors (Lipinski definition) is 2. The molecule has 3 rings (SSSR count). The average Bonchev–Trinajstić information content (AvgIpc) is 2.67. The normalized spacial score (nSPS) is 10.3. The third-order valence-corrected chi connectivity index (χ3v) is 4.72. The molecular formula is C22H18BrClN2O3. The van der Waals surface area contributed by atoms with E-state index in [1.807, 2.05) is 19.1 Å². The summed E-state index contributed by atoms with van der Waals surface area (Å²) in [6.07, 6.45) is 0. The topological polar surface area (TPSA) is 67.4 Å². The zero-order valence-corrected chi connectivity index (χ0v) is 17.9. The van der Waals surface area contributed by atoms with Gasteiger partial charge in [0.15, 0.2) is 6.61 Å².